The van der Waals surface area contributed by atoms with E-state index in [1.165, 1.54) is 4.90 Å². The molecule has 3 rings (SSSR count). The molecule has 0 aliphatic carbocycles. The lowest BCUT2D eigenvalue weighted by Crippen LogP contribution is -1.98. The van der Waals surface area contributed by atoms with Crippen molar-refractivity contribution in [2.45, 2.75) is 23.3 Å². The van der Waals surface area contributed by atoms with Gasteiger partial charge in [0.05, 0.1) is 0 Å². The fourth-order valence-corrected chi connectivity index (χ4v) is 2.49. The van der Waals surface area contributed by atoms with Gasteiger partial charge in [0.15, 0.2) is 11.5 Å². The second kappa shape index (κ2) is 4.78. The Hall–Kier alpha value is -1.88. The van der Waals surface area contributed by atoms with E-state index in [1.807, 2.05) is 34.8 Å². The van der Waals surface area contributed by atoms with E-state index in [9.17, 15) is 0 Å². The zero-order valence-electron chi connectivity index (χ0n) is 9.95. The maximum absolute atomic E-state index is 4.56. The third kappa shape index (κ3) is 2.09. The summed E-state index contributed by atoms with van der Waals surface area (Å²) in [7, 11) is 0. The van der Waals surface area contributed by atoms with Crippen molar-refractivity contribution in [3.63, 3.8) is 0 Å². The summed E-state index contributed by atoms with van der Waals surface area (Å²) in [5.41, 5.74) is 0.796. The monoisotopic (exact) mass is 256 g/mol. The van der Waals surface area contributed by atoms with Gasteiger partial charge in [0, 0.05) is 11.3 Å². The predicted molar refractivity (Wildman–Crippen MR) is 70.7 cm³/mol. The fraction of sp³-hybridized carbons (Fsp3) is 0.154. The van der Waals surface area contributed by atoms with E-state index in [0.717, 1.165) is 22.9 Å². The molecule has 0 radical (unpaired) electrons. The van der Waals surface area contributed by atoms with Crippen molar-refractivity contribution in [2.24, 2.45) is 0 Å². The van der Waals surface area contributed by atoms with Gasteiger partial charge in [-0.1, -0.05) is 36.9 Å². The second-order valence-electron chi connectivity index (χ2n) is 3.83. The SMILES string of the molecule is CCc1nnc2ccc(Sc3ccccc3)nn12. The number of benzene rings is 1. The van der Waals surface area contributed by atoms with Crippen LogP contribution in [0.25, 0.3) is 5.65 Å². The van der Waals surface area contributed by atoms with Crippen molar-refractivity contribution >= 4 is 17.4 Å². The minimum Gasteiger partial charge on any atom is -0.196 e. The van der Waals surface area contributed by atoms with E-state index in [1.54, 1.807) is 11.8 Å². The van der Waals surface area contributed by atoms with Crippen molar-refractivity contribution in [1.29, 1.82) is 0 Å². The Bertz CT molecular complexity index is 663. The summed E-state index contributed by atoms with van der Waals surface area (Å²) in [6.07, 6.45) is 0.827. The van der Waals surface area contributed by atoms with Crippen molar-refractivity contribution < 1.29 is 0 Å². The molecule has 1 aromatic carbocycles. The number of fused-ring (bicyclic) bond motifs is 1. The van der Waals surface area contributed by atoms with Gasteiger partial charge in [-0.25, -0.2) is 0 Å². The molecule has 0 saturated carbocycles. The largest absolute Gasteiger partial charge is 0.196 e. The van der Waals surface area contributed by atoms with Gasteiger partial charge in [0.2, 0.25) is 0 Å². The van der Waals surface area contributed by atoms with Crippen molar-refractivity contribution in [3.8, 4) is 0 Å². The second-order valence-corrected chi connectivity index (χ2v) is 4.92. The molecule has 3 aromatic rings. The van der Waals surface area contributed by atoms with Crippen LogP contribution in [-0.4, -0.2) is 19.8 Å². The predicted octanol–water partition coefficient (Wildman–Crippen LogP) is 2.84. The van der Waals surface area contributed by atoms with E-state index in [0.29, 0.717) is 0 Å². The highest BCUT2D eigenvalue weighted by Gasteiger charge is 2.06. The average molecular weight is 256 g/mol. The van der Waals surface area contributed by atoms with Gasteiger partial charge in [-0.05, 0) is 24.3 Å². The summed E-state index contributed by atoms with van der Waals surface area (Å²) in [5, 5.41) is 13.7. The number of aryl methyl sites for hydroxylation is 1. The van der Waals surface area contributed by atoms with Crippen LogP contribution in [0, 0.1) is 0 Å². The molecule has 0 spiro atoms. The van der Waals surface area contributed by atoms with E-state index in [4.69, 9.17) is 0 Å². The van der Waals surface area contributed by atoms with Gasteiger partial charge in [0.1, 0.15) is 5.03 Å². The standard InChI is InChI=1S/C13H12N4S/c1-2-11-14-15-12-8-9-13(16-17(11)12)18-10-6-4-3-5-7-10/h3-9H,2H2,1H3. The third-order valence-electron chi connectivity index (χ3n) is 2.58. The molecule has 0 bridgehead atoms. The van der Waals surface area contributed by atoms with E-state index >= 15 is 0 Å². The lowest BCUT2D eigenvalue weighted by atomic mass is 10.4. The lowest BCUT2D eigenvalue weighted by Gasteiger charge is -2.01. The zero-order chi connectivity index (χ0) is 12.4. The summed E-state index contributed by atoms with van der Waals surface area (Å²) in [6.45, 7) is 2.05. The van der Waals surface area contributed by atoms with E-state index < -0.39 is 0 Å². The topological polar surface area (TPSA) is 43.1 Å². The van der Waals surface area contributed by atoms with Crippen LogP contribution in [0.3, 0.4) is 0 Å². The smallest absolute Gasteiger partial charge is 0.177 e. The number of rotatable bonds is 3. The molecule has 0 aliphatic rings. The Morgan fingerprint density at radius 3 is 2.67 bits per heavy atom. The summed E-state index contributed by atoms with van der Waals surface area (Å²) in [5.74, 6) is 0.889. The third-order valence-corrected chi connectivity index (χ3v) is 3.52. The van der Waals surface area contributed by atoms with Crippen LogP contribution < -0.4 is 0 Å². The highest BCUT2D eigenvalue weighted by molar-refractivity contribution is 7.99. The van der Waals surface area contributed by atoms with Crippen LogP contribution in [0.4, 0.5) is 0 Å². The molecule has 2 heterocycles. The molecule has 0 saturated heterocycles. The van der Waals surface area contributed by atoms with Gasteiger partial charge in [0.25, 0.3) is 0 Å². The molecular weight excluding hydrogens is 244 g/mol. The highest BCUT2D eigenvalue weighted by Crippen LogP contribution is 2.25. The van der Waals surface area contributed by atoms with Crippen molar-refractivity contribution in [2.75, 3.05) is 0 Å². The minimum absolute atomic E-state index is 0.796. The summed E-state index contributed by atoms with van der Waals surface area (Å²) >= 11 is 1.64. The molecule has 5 heteroatoms. The molecule has 0 amide bonds. The molecule has 2 aromatic heterocycles. The van der Waals surface area contributed by atoms with Gasteiger partial charge in [-0.2, -0.15) is 9.61 Å². The first-order valence-corrected chi connectivity index (χ1v) is 6.62. The van der Waals surface area contributed by atoms with Gasteiger partial charge >= 0.3 is 0 Å². The molecule has 4 nitrogen and oxygen atoms in total. The molecule has 0 unspecified atom stereocenters. The van der Waals surface area contributed by atoms with Crippen LogP contribution in [0.5, 0.6) is 0 Å². The molecule has 0 atom stereocenters. The van der Waals surface area contributed by atoms with Crippen LogP contribution in [-0.2, 0) is 6.42 Å². The quantitative estimate of drug-likeness (QED) is 0.722. The highest BCUT2D eigenvalue weighted by atomic mass is 32.2. The first-order chi connectivity index (χ1) is 8.86. The van der Waals surface area contributed by atoms with Crippen LogP contribution in [0.2, 0.25) is 0 Å². The van der Waals surface area contributed by atoms with Crippen LogP contribution in [0.1, 0.15) is 12.7 Å². The number of hydrogen-bond acceptors (Lipinski definition) is 4. The van der Waals surface area contributed by atoms with Crippen LogP contribution in [0.15, 0.2) is 52.4 Å². The number of nitrogens with zero attached hydrogens (tertiary/aromatic N) is 4. The fourth-order valence-electron chi connectivity index (χ4n) is 1.70. The molecule has 18 heavy (non-hydrogen) atoms. The maximum atomic E-state index is 4.56. The lowest BCUT2D eigenvalue weighted by molar-refractivity contribution is 0.783. The molecule has 90 valence electrons. The Morgan fingerprint density at radius 1 is 1.06 bits per heavy atom. The van der Waals surface area contributed by atoms with E-state index in [-0.39, 0.29) is 0 Å². The van der Waals surface area contributed by atoms with Gasteiger partial charge in [-0.15, -0.1) is 10.2 Å². The number of aromatic nitrogens is 4. The van der Waals surface area contributed by atoms with Crippen LogP contribution >= 0.6 is 11.8 Å². The maximum Gasteiger partial charge on any atom is 0.177 e. The molecule has 0 aliphatic heterocycles. The Morgan fingerprint density at radius 2 is 1.89 bits per heavy atom. The first-order valence-electron chi connectivity index (χ1n) is 5.81. The molecule has 0 fully saturated rings. The van der Waals surface area contributed by atoms with Crippen molar-refractivity contribution in [1.82, 2.24) is 19.8 Å². The summed E-state index contributed by atoms with van der Waals surface area (Å²) in [6, 6.07) is 14.1. The Balaban J connectivity index is 1.97. The average Bonchev–Trinajstić information content (AvgIpc) is 2.82. The summed E-state index contributed by atoms with van der Waals surface area (Å²) < 4.78 is 1.81. The zero-order valence-corrected chi connectivity index (χ0v) is 10.8. The first kappa shape index (κ1) is 11.2. The Kier molecular flexibility index (Phi) is 2.98. The molecular formula is C13H12N4S. The summed E-state index contributed by atoms with van der Waals surface area (Å²) in [4.78, 5) is 1.18. The number of hydrogen-bond donors (Lipinski definition) is 0. The van der Waals surface area contributed by atoms with Gasteiger partial charge < -0.3 is 0 Å². The minimum atomic E-state index is 0.796. The molecule has 0 N–H and O–H groups in total. The normalized spacial score (nSPS) is 10.9. The van der Waals surface area contributed by atoms with Gasteiger partial charge in [-0.3, -0.25) is 0 Å². The van der Waals surface area contributed by atoms with E-state index in [2.05, 4.69) is 34.4 Å². The Labute approximate surface area is 109 Å². The van der Waals surface area contributed by atoms with Crippen molar-refractivity contribution in [3.05, 3.63) is 48.3 Å².